The maximum atomic E-state index is 13.1. The molecule has 2 heterocycles. The van der Waals surface area contributed by atoms with E-state index in [0.717, 1.165) is 5.56 Å². The zero-order valence-electron chi connectivity index (χ0n) is 18.3. The smallest absolute Gasteiger partial charge is 0.267 e. The van der Waals surface area contributed by atoms with Gasteiger partial charge in [-0.2, -0.15) is 10.2 Å². The Bertz CT molecular complexity index is 1230. The van der Waals surface area contributed by atoms with E-state index in [0.29, 0.717) is 23.5 Å². The second-order valence-corrected chi connectivity index (χ2v) is 13.2. The van der Waals surface area contributed by atoms with Gasteiger partial charge in [-0.1, -0.05) is 37.7 Å². The van der Waals surface area contributed by atoms with E-state index in [2.05, 4.69) is 41.3 Å². The lowest BCUT2D eigenvalue weighted by Gasteiger charge is -2.13. The van der Waals surface area contributed by atoms with E-state index in [1.807, 2.05) is 0 Å². The zero-order valence-corrected chi connectivity index (χ0v) is 19.3. The van der Waals surface area contributed by atoms with Crippen LogP contribution in [0.2, 0.25) is 19.6 Å². The van der Waals surface area contributed by atoms with Crippen molar-refractivity contribution in [2.24, 2.45) is 0 Å². The lowest BCUT2D eigenvalue weighted by atomic mass is 10.1. The molecule has 0 N–H and O–H groups in total. The van der Waals surface area contributed by atoms with Crippen LogP contribution in [-0.2, 0) is 6.54 Å². The number of nitrogens with zero attached hydrogens (tertiary/aromatic N) is 4. The highest BCUT2D eigenvalue weighted by Crippen LogP contribution is 2.17. The molecule has 0 bridgehead atoms. The Morgan fingerprint density at radius 3 is 2.48 bits per heavy atom. The summed E-state index contributed by atoms with van der Waals surface area (Å²) in [5, 5.41) is 8.61. The number of carbonyl (C=O) groups excluding carboxylic acids is 1. The highest BCUT2D eigenvalue weighted by Gasteiger charge is 2.23. The highest BCUT2D eigenvalue weighted by molar-refractivity contribution is 6.83. The van der Waals surface area contributed by atoms with Gasteiger partial charge in [0, 0.05) is 11.8 Å². The van der Waals surface area contributed by atoms with Crippen molar-refractivity contribution in [1.82, 2.24) is 19.6 Å². The van der Waals surface area contributed by atoms with Gasteiger partial charge >= 0.3 is 0 Å². The van der Waals surface area contributed by atoms with Crippen LogP contribution in [0.15, 0.2) is 47.4 Å². The minimum Gasteiger partial charge on any atom is -0.292 e. The predicted molar refractivity (Wildman–Crippen MR) is 120 cm³/mol. The molecule has 0 aliphatic heterocycles. The molecule has 1 unspecified atom stereocenters. The number of halogens is 1. The Morgan fingerprint density at radius 1 is 1.16 bits per heavy atom. The topological polar surface area (TPSA) is 69.8 Å². The number of benzene rings is 1. The first kappa shape index (κ1) is 22.4. The van der Waals surface area contributed by atoms with Crippen molar-refractivity contribution in [2.45, 2.75) is 46.1 Å². The summed E-state index contributed by atoms with van der Waals surface area (Å²) in [7, 11) is -1.60. The number of rotatable bonds is 5. The molecule has 0 aliphatic rings. The normalized spacial score (nSPS) is 12.2. The van der Waals surface area contributed by atoms with Crippen molar-refractivity contribution in [3.8, 4) is 11.5 Å². The van der Waals surface area contributed by atoms with Crippen LogP contribution < -0.4 is 5.56 Å². The third-order valence-electron chi connectivity index (χ3n) is 4.75. The average Bonchev–Trinajstić information content (AvgIpc) is 3.07. The fourth-order valence-corrected chi connectivity index (χ4v) is 3.47. The summed E-state index contributed by atoms with van der Waals surface area (Å²) in [6.07, 6.45) is 1.50. The molecule has 3 rings (SSSR count). The molecule has 8 heteroatoms. The van der Waals surface area contributed by atoms with Gasteiger partial charge in [0.05, 0.1) is 18.3 Å². The Hall–Kier alpha value is -3.31. The van der Waals surface area contributed by atoms with E-state index in [-0.39, 0.29) is 17.2 Å². The number of Topliss-reactive ketones (excluding diaryl/α,β-unsaturated/α-hetero) is 1. The van der Waals surface area contributed by atoms with Crippen LogP contribution in [0.4, 0.5) is 4.39 Å². The summed E-state index contributed by atoms with van der Waals surface area (Å²) in [5.41, 5.74) is 5.27. The Kier molecular flexibility index (Phi) is 6.36. The van der Waals surface area contributed by atoms with Crippen LogP contribution in [0.3, 0.4) is 0 Å². The minimum atomic E-state index is -1.60. The van der Waals surface area contributed by atoms with Crippen molar-refractivity contribution in [1.29, 1.82) is 0 Å². The first-order valence-electron chi connectivity index (χ1n) is 9.99. The molecule has 0 amide bonds. The summed E-state index contributed by atoms with van der Waals surface area (Å²) in [6.45, 7) is 10.2. The van der Waals surface area contributed by atoms with Crippen LogP contribution in [0.5, 0.6) is 0 Å². The standard InChI is InChI=1S/C23H25FN4O2Si/c1-16-21(14-25-27(16)15-18-6-8-19(24)9-7-18)23(30)17(2)28-22(29)11-10-20(26-28)12-13-31(3,4)5/h6-11,14,17H,15H2,1-5H3. The predicted octanol–water partition coefficient (Wildman–Crippen LogP) is 3.61. The van der Waals surface area contributed by atoms with E-state index in [9.17, 15) is 14.0 Å². The van der Waals surface area contributed by atoms with E-state index < -0.39 is 14.1 Å². The van der Waals surface area contributed by atoms with Gasteiger partial charge in [-0.15, -0.1) is 5.54 Å². The average molecular weight is 437 g/mol. The maximum absolute atomic E-state index is 13.1. The molecule has 2 aromatic heterocycles. The molecule has 0 fully saturated rings. The second kappa shape index (κ2) is 8.82. The van der Waals surface area contributed by atoms with Gasteiger partial charge in [-0.25, -0.2) is 9.07 Å². The fraction of sp³-hybridized carbons (Fsp3) is 0.304. The van der Waals surface area contributed by atoms with Crippen molar-refractivity contribution in [3.05, 3.63) is 81.3 Å². The molecule has 0 spiro atoms. The first-order chi connectivity index (χ1) is 14.5. The lowest BCUT2D eigenvalue weighted by molar-refractivity contribution is 0.0924. The van der Waals surface area contributed by atoms with Crippen molar-refractivity contribution >= 4 is 13.9 Å². The lowest BCUT2D eigenvalue weighted by Crippen LogP contribution is -2.30. The van der Waals surface area contributed by atoms with Gasteiger partial charge in [0.15, 0.2) is 5.78 Å². The van der Waals surface area contributed by atoms with Crippen LogP contribution >= 0.6 is 0 Å². The van der Waals surface area contributed by atoms with Gasteiger partial charge in [0.1, 0.15) is 25.6 Å². The SMILES string of the molecule is Cc1c(C(=O)C(C)n2nc(C#C[Si](C)(C)C)ccc2=O)cnn1Cc1ccc(F)cc1. The monoisotopic (exact) mass is 436 g/mol. The summed E-state index contributed by atoms with van der Waals surface area (Å²) < 4.78 is 16.0. The molecule has 0 aliphatic carbocycles. The number of hydrogen-bond acceptors (Lipinski definition) is 4. The number of ketones is 1. The van der Waals surface area contributed by atoms with Gasteiger partial charge in [0.2, 0.25) is 0 Å². The molecule has 160 valence electrons. The van der Waals surface area contributed by atoms with Gasteiger partial charge in [-0.05, 0) is 37.6 Å². The van der Waals surface area contributed by atoms with Crippen LogP contribution in [0, 0.1) is 24.2 Å². The van der Waals surface area contributed by atoms with E-state index in [1.54, 1.807) is 36.7 Å². The van der Waals surface area contributed by atoms with Gasteiger partial charge in [-0.3, -0.25) is 14.3 Å². The summed E-state index contributed by atoms with van der Waals surface area (Å²) in [6, 6.07) is 8.29. The van der Waals surface area contributed by atoms with Crippen LogP contribution in [0.1, 0.15) is 40.3 Å². The highest BCUT2D eigenvalue weighted by atomic mass is 28.3. The third-order valence-corrected chi connectivity index (χ3v) is 5.63. The zero-order chi connectivity index (χ0) is 22.8. The second-order valence-electron chi connectivity index (χ2n) is 8.47. The number of carbonyl (C=O) groups is 1. The van der Waals surface area contributed by atoms with Crippen LogP contribution in [0.25, 0.3) is 0 Å². The largest absolute Gasteiger partial charge is 0.292 e. The third kappa shape index (κ3) is 5.44. The van der Waals surface area contributed by atoms with E-state index >= 15 is 0 Å². The molecule has 1 atom stereocenters. The fourth-order valence-electron chi connectivity index (χ4n) is 2.97. The molecule has 0 saturated heterocycles. The summed E-state index contributed by atoms with van der Waals surface area (Å²) in [5.74, 6) is 2.46. The van der Waals surface area contributed by atoms with Gasteiger partial charge in [0.25, 0.3) is 5.56 Å². The maximum Gasteiger partial charge on any atom is 0.267 e. The number of aromatic nitrogens is 4. The number of hydrogen-bond donors (Lipinski definition) is 0. The van der Waals surface area contributed by atoms with E-state index in [1.165, 1.54) is 29.1 Å². The molecular formula is C23H25FN4O2Si. The van der Waals surface area contributed by atoms with Crippen molar-refractivity contribution in [2.75, 3.05) is 0 Å². The van der Waals surface area contributed by atoms with Gasteiger partial charge < -0.3 is 0 Å². The molecule has 3 aromatic rings. The molecule has 31 heavy (non-hydrogen) atoms. The minimum absolute atomic E-state index is 0.257. The summed E-state index contributed by atoms with van der Waals surface area (Å²) in [4.78, 5) is 25.5. The first-order valence-corrected chi connectivity index (χ1v) is 13.5. The Balaban J connectivity index is 1.86. The molecule has 6 nitrogen and oxygen atoms in total. The molecule has 0 radical (unpaired) electrons. The van der Waals surface area contributed by atoms with Crippen LogP contribution in [-0.4, -0.2) is 33.4 Å². The quantitative estimate of drug-likeness (QED) is 0.348. The van der Waals surface area contributed by atoms with Crippen molar-refractivity contribution < 1.29 is 9.18 Å². The molecular weight excluding hydrogens is 411 g/mol. The summed E-state index contributed by atoms with van der Waals surface area (Å²) >= 11 is 0. The molecule has 1 aromatic carbocycles. The Labute approximate surface area is 181 Å². The Morgan fingerprint density at radius 2 is 1.84 bits per heavy atom. The van der Waals surface area contributed by atoms with E-state index in [4.69, 9.17) is 0 Å². The molecule has 0 saturated carbocycles. The van der Waals surface area contributed by atoms with Crippen molar-refractivity contribution in [3.63, 3.8) is 0 Å².